The minimum Gasteiger partial charge on any atom is -0.365 e. The van der Waals surface area contributed by atoms with Gasteiger partial charge in [0.2, 0.25) is 5.91 Å². The Morgan fingerprint density at radius 1 is 0.969 bits per heavy atom. The summed E-state index contributed by atoms with van der Waals surface area (Å²) < 4.78 is 0. The molecule has 5 nitrogen and oxygen atoms in total. The van der Waals surface area contributed by atoms with Crippen molar-refractivity contribution in [3.63, 3.8) is 0 Å². The lowest BCUT2D eigenvalue weighted by Crippen LogP contribution is -2.55. The first-order valence-corrected chi connectivity index (χ1v) is 11.6. The third-order valence-corrected chi connectivity index (χ3v) is 7.33. The highest BCUT2D eigenvalue weighted by molar-refractivity contribution is 7.17. The van der Waals surface area contributed by atoms with Crippen LogP contribution in [0.15, 0.2) is 60.7 Å². The van der Waals surface area contributed by atoms with Crippen molar-refractivity contribution in [3.05, 3.63) is 87.8 Å². The summed E-state index contributed by atoms with van der Waals surface area (Å²) in [5.74, 6) is -1.20. The zero-order chi connectivity index (χ0) is 23.1. The second kappa shape index (κ2) is 8.19. The SMILES string of the molecule is CC1(C)Cc2c(sc(NC(=O)C(c3ccccc3)c3ccccc3)c2C(N)=O)C(C)(C)N1. The predicted octanol–water partition coefficient (Wildman–Crippen LogP) is 4.78. The summed E-state index contributed by atoms with van der Waals surface area (Å²) in [6.07, 6.45) is 0.664. The molecule has 2 amide bonds. The number of anilines is 1. The van der Waals surface area contributed by atoms with Gasteiger partial charge in [-0.25, -0.2) is 0 Å². The summed E-state index contributed by atoms with van der Waals surface area (Å²) in [6.45, 7) is 8.41. The maximum atomic E-state index is 13.6. The van der Waals surface area contributed by atoms with Crippen LogP contribution in [0.1, 0.15) is 65.5 Å². The van der Waals surface area contributed by atoms with E-state index in [1.165, 1.54) is 11.3 Å². The van der Waals surface area contributed by atoms with E-state index >= 15 is 0 Å². The molecular weight excluding hydrogens is 418 g/mol. The number of benzene rings is 2. The fourth-order valence-electron chi connectivity index (χ4n) is 4.85. The van der Waals surface area contributed by atoms with Crippen LogP contribution in [0.4, 0.5) is 5.00 Å². The standard InChI is InChI=1S/C26H29N3O2S/c1-25(2)15-18-20(22(27)30)24(32-21(18)26(3,4)29-25)28-23(31)19(16-11-7-5-8-12-16)17-13-9-6-10-14-17/h5-14,19,29H,15H2,1-4H3,(H2,27,30)(H,28,31). The van der Waals surface area contributed by atoms with Crippen molar-refractivity contribution in [1.82, 2.24) is 5.32 Å². The number of primary amides is 1. The maximum Gasteiger partial charge on any atom is 0.251 e. The monoisotopic (exact) mass is 447 g/mol. The van der Waals surface area contributed by atoms with E-state index in [9.17, 15) is 9.59 Å². The summed E-state index contributed by atoms with van der Waals surface area (Å²) in [4.78, 5) is 27.2. The van der Waals surface area contributed by atoms with Gasteiger partial charge in [0.1, 0.15) is 5.00 Å². The van der Waals surface area contributed by atoms with E-state index in [0.29, 0.717) is 17.0 Å². The van der Waals surface area contributed by atoms with Crippen LogP contribution in [0.3, 0.4) is 0 Å². The molecule has 0 spiro atoms. The molecular formula is C26H29N3O2S. The average molecular weight is 448 g/mol. The predicted molar refractivity (Wildman–Crippen MR) is 130 cm³/mol. The summed E-state index contributed by atoms with van der Waals surface area (Å²) in [5.41, 5.74) is 8.44. The molecule has 2 heterocycles. The Morgan fingerprint density at radius 2 is 1.50 bits per heavy atom. The quantitative estimate of drug-likeness (QED) is 0.526. The number of nitrogens with one attached hydrogen (secondary N) is 2. The van der Waals surface area contributed by atoms with Gasteiger partial charge in [0.05, 0.1) is 11.5 Å². The fraction of sp³-hybridized carbons (Fsp3) is 0.308. The van der Waals surface area contributed by atoms with E-state index in [2.05, 4.69) is 38.3 Å². The zero-order valence-electron chi connectivity index (χ0n) is 18.9. The van der Waals surface area contributed by atoms with E-state index in [-0.39, 0.29) is 17.0 Å². The van der Waals surface area contributed by atoms with Gasteiger partial charge in [-0.2, -0.15) is 0 Å². The van der Waals surface area contributed by atoms with Crippen LogP contribution < -0.4 is 16.4 Å². The molecule has 0 radical (unpaired) electrons. The Morgan fingerprint density at radius 3 is 2.00 bits per heavy atom. The molecule has 0 aliphatic carbocycles. The van der Waals surface area contributed by atoms with Crippen molar-refractivity contribution in [1.29, 1.82) is 0 Å². The average Bonchev–Trinajstić information content (AvgIpc) is 3.07. The lowest BCUT2D eigenvalue weighted by atomic mass is 9.81. The van der Waals surface area contributed by atoms with Crippen LogP contribution >= 0.6 is 11.3 Å². The molecule has 0 unspecified atom stereocenters. The summed E-state index contributed by atoms with van der Waals surface area (Å²) in [7, 11) is 0. The highest BCUT2D eigenvalue weighted by atomic mass is 32.1. The summed E-state index contributed by atoms with van der Waals surface area (Å²) in [6, 6.07) is 19.3. The van der Waals surface area contributed by atoms with Crippen molar-refractivity contribution in [2.75, 3.05) is 5.32 Å². The molecule has 0 saturated carbocycles. The molecule has 0 bridgehead atoms. The molecule has 6 heteroatoms. The Balaban J connectivity index is 1.77. The van der Waals surface area contributed by atoms with Crippen molar-refractivity contribution >= 4 is 28.2 Å². The van der Waals surface area contributed by atoms with Gasteiger partial charge in [0, 0.05) is 16.0 Å². The van der Waals surface area contributed by atoms with Gasteiger partial charge in [-0.05, 0) is 50.8 Å². The highest BCUT2D eigenvalue weighted by Crippen LogP contribution is 2.45. The largest absolute Gasteiger partial charge is 0.365 e. The molecule has 1 aliphatic rings. The second-order valence-corrected chi connectivity index (χ2v) is 10.6. The van der Waals surface area contributed by atoms with E-state index < -0.39 is 11.8 Å². The van der Waals surface area contributed by atoms with Crippen LogP contribution in [0, 0.1) is 0 Å². The molecule has 1 aliphatic heterocycles. The van der Waals surface area contributed by atoms with Crippen LogP contribution in [0.2, 0.25) is 0 Å². The zero-order valence-corrected chi connectivity index (χ0v) is 19.7. The second-order valence-electron chi connectivity index (χ2n) is 9.53. The number of amides is 2. The number of carbonyl (C=O) groups excluding carboxylic acids is 2. The number of carbonyl (C=O) groups is 2. The van der Waals surface area contributed by atoms with Crippen LogP contribution in [-0.4, -0.2) is 17.4 Å². The molecule has 3 aromatic rings. The van der Waals surface area contributed by atoms with Crippen molar-refractivity contribution in [2.24, 2.45) is 5.73 Å². The summed E-state index contributed by atoms with van der Waals surface area (Å²) in [5, 5.41) is 7.23. The normalized spacial score (nSPS) is 16.4. The minimum atomic E-state index is -0.512. The molecule has 4 rings (SSSR count). The third kappa shape index (κ3) is 4.20. The van der Waals surface area contributed by atoms with Crippen molar-refractivity contribution in [2.45, 2.75) is 51.1 Å². The van der Waals surface area contributed by atoms with E-state index in [0.717, 1.165) is 21.6 Å². The van der Waals surface area contributed by atoms with Gasteiger partial charge in [-0.15, -0.1) is 11.3 Å². The van der Waals surface area contributed by atoms with Crippen molar-refractivity contribution < 1.29 is 9.59 Å². The number of hydrogen-bond acceptors (Lipinski definition) is 4. The van der Waals surface area contributed by atoms with Gasteiger partial charge in [-0.3, -0.25) is 9.59 Å². The Hall–Kier alpha value is -2.96. The number of thiophene rings is 1. The first kappa shape index (κ1) is 22.2. The molecule has 1 aromatic heterocycles. The van der Waals surface area contributed by atoms with Gasteiger partial charge in [0.25, 0.3) is 5.91 Å². The van der Waals surface area contributed by atoms with Crippen LogP contribution in [-0.2, 0) is 16.8 Å². The Bertz CT molecular complexity index is 1110. The lowest BCUT2D eigenvalue weighted by molar-refractivity contribution is -0.116. The Kier molecular flexibility index (Phi) is 5.69. The highest BCUT2D eigenvalue weighted by Gasteiger charge is 2.41. The smallest absolute Gasteiger partial charge is 0.251 e. The van der Waals surface area contributed by atoms with Gasteiger partial charge in [0.15, 0.2) is 0 Å². The Labute approximate surface area is 193 Å². The molecule has 0 atom stereocenters. The van der Waals surface area contributed by atoms with E-state index in [1.54, 1.807) is 0 Å². The van der Waals surface area contributed by atoms with Gasteiger partial charge >= 0.3 is 0 Å². The van der Waals surface area contributed by atoms with Gasteiger partial charge < -0.3 is 16.4 Å². The van der Waals surface area contributed by atoms with Gasteiger partial charge in [-0.1, -0.05) is 60.7 Å². The number of hydrogen-bond donors (Lipinski definition) is 3. The van der Waals surface area contributed by atoms with E-state index in [4.69, 9.17) is 5.73 Å². The first-order valence-electron chi connectivity index (χ1n) is 10.7. The topological polar surface area (TPSA) is 84.2 Å². The molecule has 166 valence electrons. The number of nitrogens with two attached hydrogens (primary N) is 1. The fourth-order valence-corrected chi connectivity index (χ4v) is 6.13. The van der Waals surface area contributed by atoms with Crippen molar-refractivity contribution in [3.8, 4) is 0 Å². The van der Waals surface area contributed by atoms with Crippen LogP contribution in [0.5, 0.6) is 0 Å². The maximum absolute atomic E-state index is 13.6. The minimum absolute atomic E-state index is 0.187. The summed E-state index contributed by atoms with van der Waals surface area (Å²) >= 11 is 1.44. The van der Waals surface area contributed by atoms with Crippen LogP contribution in [0.25, 0.3) is 0 Å². The molecule has 2 aromatic carbocycles. The molecule has 4 N–H and O–H groups in total. The third-order valence-electron chi connectivity index (χ3n) is 5.86. The number of fused-ring (bicyclic) bond motifs is 1. The molecule has 0 fully saturated rings. The first-order chi connectivity index (χ1) is 15.1. The molecule has 0 saturated heterocycles. The van der Waals surface area contributed by atoms with E-state index in [1.807, 2.05) is 60.7 Å². The number of rotatable bonds is 5. The molecule has 32 heavy (non-hydrogen) atoms. The lowest BCUT2D eigenvalue weighted by Gasteiger charge is -2.42.